The third-order valence-electron chi connectivity index (χ3n) is 4.58. The second-order valence-corrected chi connectivity index (χ2v) is 9.39. The average Bonchev–Trinajstić information content (AvgIpc) is 3.28. The van der Waals surface area contributed by atoms with Gasteiger partial charge >= 0.3 is 0 Å². The van der Waals surface area contributed by atoms with Gasteiger partial charge in [0.25, 0.3) is 15.9 Å². The van der Waals surface area contributed by atoms with Crippen molar-refractivity contribution in [1.82, 2.24) is 9.97 Å². The number of nitrogens with zero attached hydrogens (tertiary/aromatic N) is 3. The van der Waals surface area contributed by atoms with Gasteiger partial charge in [0.15, 0.2) is 5.13 Å². The van der Waals surface area contributed by atoms with E-state index in [4.69, 9.17) is 0 Å². The summed E-state index contributed by atoms with van der Waals surface area (Å²) in [6.45, 7) is 0. The molecule has 2 heterocycles. The van der Waals surface area contributed by atoms with E-state index < -0.39 is 10.0 Å². The van der Waals surface area contributed by atoms with E-state index in [0.717, 1.165) is 11.3 Å². The fourth-order valence-electron chi connectivity index (χ4n) is 2.86. The molecule has 0 aliphatic heterocycles. The molecule has 4 aromatic rings. The van der Waals surface area contributed by atoms with E-state index in [0.29, 0.717) is 16.4 Å². The van der Waals surface area contributed by atoms with Gasteiger partial charge in [0, 0.05) is 35.9 Å². The Kier molecular flexibility index (Phi) is 5.79. The van der Waals surface area contributed by atoms with Gasteiger partial charge in [-0.2, -0.15) is 0 Å². The second-order valence-electron chi connectivity index (χ2n) is 6.57. The van der Waals surface area contributed by atoms with Crippen molar-refractivity contribution in [1.29, 1.82) is 0 Å². The van der Waals surface area contributed by atoms with Gasteiger partial charge in [-0.3, -0.25) is 19.4 Å². The van der Waals surface area contributed by atoms with Crippen LogP contribution >= 0.6 is 11.3 Å². The van der Waals surface area contributed by atoms with Gasteiger partial charge in [-0.25, -0.2) is 13.4 Å². The quantitative estimate of drug-likeness (QED) is 0.473. The first-order valence-corrected chi connectivity index (χ1v) is 11.6. The van der Waals surface area contributed by atoms with Crippen LogP contribution in [0.1, 0.15) is 10.4 Å². The lowest BCUT2D eigenvalue weighted by atomic mass is 10.2. The normalized spacial score (nSPS) is 11.1. The maximum Gasteiger partial charge on any atom is 0.264 e. The minimum Gasteiger partial charge on any atom is -0.298 e. The molecule has 0 radical (unpaired) electrons. The fourth-order valence-corrected chi connectivity index (χ4v) is 4.77. The summed E-state index contributed by atoms with van der Waals surface area (Å²) in [5, 5.41) is 5.03. The fraction of sp³-hybridized carbons (Fsp3) is 0.0455. The van der Waals surface area contributed by atoms with Crippen LogP contribution in [0.5, 0.6) is 0 Å². The molecule has 0 aliphatic rings. The summed E-state index contributed by atoms with van der Waals surface area (Å²) in [5.74, 6) is -0.368. The lowest BCUT2D eigenvalue weighted by Gasteiger charge is -2.19. The molecule has 0 aliphatic carbocycles. The number of carbonyl (C=O) groups excluding carboxylic acids is 1. The van der Waals surface area contributed by atoms with Gasteiger partial charge < -0.3 is 0 Å². The van der Waals surface area contributed by atoms with Gasteiger partial charge in [0.1, 0.15) is 0 Å². The van der Waals surface area contributed by atoms with Crippen molar-refractivity contribution in [2.45, 2.75) is 4.90 Å². The predicted molar refractivity (Wildman–Crippen MR) is 122 cm³/mol. The number of hydrogen-bond acceptors (Lipinski definition) is 6. The number of amides is 1. The molecule has 0 fully saturated rings. The maximum absolute atomic E-state index is 12.9. The zero-order valence-corrected chi connectivity index (χ0v) is 18.1. The summed E-state index contributed by atoms with van der Waals surface area (Å²) in [6, 6.07) is 18.3. The summed E-state index contributed by atoms with van der Waals surface area (Å²) in [5.41, 5.74) is 2.46. The third kappa shape index (κ3) is 4.47. The van der Waals surface area contributed by atoms with Gasteiger partial charge in [0.2, 0.25) is 0 Å². The summed E-state index contributed by atoms with van der Waals surface area (Å²) < 4.78 is 26.9. The Morgan fingerprint density at radius 2 is 1.74 bits per heavy atom. The van der Waals surface area contributed by atoms with Crippen molar-refractivity contribution in [3.8, 4) is 11.3 Å². The smallest absolute Gasteiger partial charge is 0.264 e. The summed E-state index contributed by atoms with van der Waals surface area (Å²) in [7, 11) is -2.24. The zero-order chi connectivity index (χ0) is 21.8. The lowest BCUT2D eigenvalue weighted by molar-refractivity contribution is 0.102. The highest BCUT2D eigenvalue weighted by Gasteiger charge is 2.21. The van der Waals surface area contributed by atoms with Crippen LogP contribution in [-0.2, 0) is 10.0 Å². The van der Waals surface area contributed by atoms with E-state index in [2.05, 4.69) is 15.3 Å². The summed E-state index contributed by atoms with van der Waals surface area (Å²) in [4.78, 5) is 21.1. The number of rotatable bonds is 6. The average molecular weight is 451 g/mol. The minimum atomic E-state index is -3.74. The van der Waals surface area contributed by atoms with E-state index >= 15 is 0 Å². The van der Waals surface area contributed by atoms with Crippen molar-refractivity contribution in [2.24, 2.45) is 0 Å². The molecule has 9 heteroatoms. The van der Waals surface area contributed by atoms with Crippen LogP contribution in [0, 0.1) is 0 Å². The SMILES string of the molecule is CN(c1ccccc1)S(=O)(=O)c1ccc(C(=O)Nc2nc(-c3cccnc3)cs2)cc1. The Hall–Kier alpha value is -3.56. The molecule has 1 amide bonds. The Bertz CT molecular complexity index is 1290. The molecule has 31 heavy (non-hydrogen) atoms. The molecule has 2 aromatic heterocycles. The molecule has 0 bridgehead atoms. The highest BCUT2D eigenvalue weighted by atomic mass is 32.2. The van der Waals surface area contributed by atoms with Gasteiger partial charge in [-0.05, 0) is 48.5 Å². The van der Waals surface area contributed by atoms with Crippen LogP contribution in [0.15, 0.2) is 89.4 Å². The van der Waals surface area contributed by atoms with Crippen LogP contribution in [0.2, 0.25) is 0 Å². The Balaban J connectivity index is 1.48. The van der Waals surface area contributed by atoms with E-state index in [1.54, 1.807) is 36.7 Å². The topological polar surface area (TPSA) is 92.3 Å². The van der Waals surface area contributed by atoms with Crippen LogP contribution in [-0.4, -0.2) is 31.3 Å². The molecule has 0 spiro atoms. The van der Waals surface area contributed by atoms with Crippen molar-refractivity contribution < 1.29 is 13.2 Å². The number of aromatic nitrogens is 2. The molecular formula is C22H18N4O3S2. The highest BCUT2D eigenvalue weighted by molar-refractivity contribution is 7.92. The first kappa shape index (κ1) is 20.7. The van der Waals surface area contributed by atoms with Crippen molar-refractivity contribution >= 4 is 38.1 Å². The zero-order valence-electron chi connectivity index (χ0n) is 16.5. The monoisotopic (exact) mass is 450 g/mol. The predicted octanol–water partition coefficient (Wildman–Crippen LogP) is 4.28. The molecule has 4 rings (SSSR count). The lowest BCUT2D eigenvalue weighted by Crippen LogP contribution is -2.26. The number of nitrogens with one attached hydrogen (secondary N) is 1. The largest absolute Gasteiger partial charge is 0.298 e. The molecule has 0 unspecified atom stereocenters. The van der Waals surface area contributed by atoms with Crippen LogP contribution in [0.4, 0.5) is 10.8 Å². The van der Waals surface area contributed by atoms with Crippen LogP contribution in [0.25, 0.3) is 11.3 Å². The number of hydrogen-bond donors (Lipinski definition) is 1. The maximum atomic E-state index is 12.9. The molecule has 0 atom stereocenters. The van der Waals surface area contributed by atoms with Gasteiger partial charge in [0.05, 0.1) is 16.3 Å². The van der Waals surface area contributed by atoms with E-state index in [1.165, 1.54) is 47.0 Å². The number of benzene rings is 2. The summed E-state index contributed by atoms with van der Waals surface area (Å²) in [6.07, 6.45) is 3.38. The summed E-state index contributed by atoms with van der Waals surface area (Å²) >= 11 is 1.30. The number of carbonyl (C=O) groups is 1. The molecule has 0 saturated carbocycles. The molecule has 0 saturated heterocycles. The molecule has 1 N–H and O–H groups in total. The number of thiazole rings is 1. The molecule has 156 valence electrons. The third-order valence-corrected chi connectivity index (χ3v) is 7.13. The second kappa shape index (κ2) is 8.66. The van der Waals surface area contributed by atoms with E-state index in [9.17, 15) is 13.2 Å². The Morgan fingerprint density at radius 3 is 2.42 bits per heavy atom. The van der Waals surface area contributed by atoms with E-state index in [-0.39, 0.29) is 10.8 Å². The number of para-hydroxylation sites is 1. The Morgan fingerprint density at radius 1 is 1.00 bits per heavy atom. The number of pyridine rings is 1. The van der Waals surface area contributed by atoms with Gasteiger partial charge in [-0.15, -0.1) is 11.3 Å². The molecular weight excluding hydrogens is 432 g/mol. The first-order chi connectivity index (χ1) is 14.9. The van der Waals surface area contributed by atoms with Gasteiger partial charge in [-0.1, -0.05) is 18.2 Å². The first-order valence-electron chi connectivity index (χ1n) is 9.26. The minimum absolute atomic E-state index is 0.100. The van der Waals surface area contributed by atoms with Crippen LogP contribution in [0.3, 0.4) is 0 Å². The molecule has 2 aromatic carbocycles. The Labute approximate surface area is 184 Å². The number of anilines is 2. The van der Waals surface area contributed by atoms with E-state index in [1.807, 2.05) is 23.6 Å². The standard InChI is InChI=1S/C22H18N4O3S2/c1-26(18-7-3-2-4-8-18)31(28,29)19-11-9-16(10-12-19)21(27)25-22-24-20(15-30-22)17-6-5-13-23-14-17/h2-15H,1H3,(H,24,25,27). The van der Waals surface area contributed by atoms with Crippen LogP contribution < -0.4 is 9.62 Å². The molecule has 7 nitrogen and oxygen atoms in total. The van der Waals surface area contributed by atoms with Crippen molar-refractivity contribution in [3.63, 3.8) is 0 Å². The highest BCUT2D eigenvalue weighted by Crippen LogP contribution is 2.25. The number of sulfonamides is 1. The van der Waals surface area contributed by atoms with Crippen molar-refractivity contribution in [2.75, 3.05) is 16.7 Å². The van der Waals surface area contributed by atoms with Crippen molar-refractivity contribution in [3.05, 3.63) is 90.1 Å².